The van der Waals surface area contributed by atoms with Gasteiger partial charge in [-0.05, 0) is 23.3 Å². The number of hydrazine groups is 1. The van der Waals surface area contributed by atoms with E-state index in [-0.39, 0.29) is 36.6 Å². The van der Waals surface area contributed by atoms with Gasteiger partial charge < -0.3 is 10.1 Å². The summed E-state index contributed by atoms with van der Waals surface area (Å²) in [4.78, 5) is 12.2. The summed E-state index contributed by atoms with van der Waals surface area (Å²) in [7, 11) is 0. The second-order valence-electron chi connectivity index (χ2n) is 6.67. The number of rotatable bonds is 4. The van der Waals surface area contributed by atoms with Crippen molar-refractivity contribution in [3.8, 4) is 18.1 Å². The number of amides is 1. The van der Waals surface area contributed by atoms with E-state index in [0.717, 1.165) is 11.3 Å². The SMILES string of the molecule is C#CCOc1ccc(C2CC(=O)NC3NNC(c4ccccc4)C32)cc1. The summed E-state index contributed by atoms with van der Waals surface area (Å²) in [5, 5.41) is 3.06. The van der Waals surface area contributed by atoms with Crippen molar-refractivity contribution in [1.29, 1.82) is 0 Å². The van der Waals surface area contributed by atoms with Crippen LogP contribution in [0.1, 0.15) is 29.5 Å². The molecule has 0 spiro atoms. The third-order valence-corrected chi connectivity index (χ3v) is 5.14. The molecule has 2 aliphatic heterocycles. The highest BCUT2D eigenvalue weighted by atomic mass is 16.5. The Morgan fingerprint density at radius 1 is 1.04 bits per heavy atom. The van der Waals surface area contributed by atoms with E-state index in [2.05, 4.69) is 34.2 Å². The third kappa shape index (κ3) is 3.17. The molecule has 5 heteroatoms. The van der Waals surface area contributed by atoms with Crippen LogP contribution in [0.3, 0.4) is 0 Å². The standard InChI is InChI=1S/C21H21N3O2/c1-2-12-26-16-10-8-14(9-11-16)17-13-18(25)22-21-19(17)20(23-24-21)15-6-4-3-5-7-15/h1,3-11,17,19-21,23-24H,12-13H2,(H,22,25). The molecule has 4 rings (SSSR count). The fourth-order valence-corrected chi connectivity index (χ4v) is 3.97. The molecule has 4 atom stereocenters. The zero-order chi connectivity index (χ0) is 17.9. The van der Waals surface area contributed by atoms with Gasteiger partial charge in [0.25, 0.3) is 0 Å². The first-order valence-electron chi connectivity index (χ1n) is 8.78. The van der Waals surface area contributed by atoms with Gasteiger partial charge in [-0.3, -0.25) is 4.79 Å². The maximum atomic E-state index is 12.2. The third-order valence-electron chi connectivity index (χ3n) is 5.14. The molecule has 0 aliphatic carbocycles. The average molecular weight is 347 g/mol. The molecule has 3 N–H and O–H groups in total. The summed E-state index contributed by atoms with van der Waals surface area (Å²) in [6.07, 6.45) is 5.61. The molecule has 2 aromatic rings. The van der Waals surface area contributed by atoms with E-state index in [9.17, 15) is 4.79 Å². The number of carbonyl (C=O) groups excluding carboxylic acids is 1. The normalized spacial score (nSPS) is 27.3. The predicted octanol–water partition coefficient (Wildman–Crippen LogP) is 2.09. The van der Waals surface area contributed by atoms with E-state index in [1.165, 1.54) is 5.56 Å². The number of ether oxygens (including phenoxy) is 1. The topological polar surface area (TPSA) is 62.4 Å². The van der Waals surface area contributed by atoms with E-state index in [4.69, 9.17) is 11.2 Å². The van der Waals surface area contributed by atoms with Crippen LogP contribution in [0.25, 0.3) is 0 Å². The van der Waals surface area contributed by atoms with Gasteiger partial charge in [-0.2, -0.15) is 0 Å². The Morgan fingerprint density at radius 3 is 2.54 bits per heavy atom. The second-order valence-corrected chi connectivity index (χ2v) is 6.67. The van der Waals surface area contributed by atoms with Crippen LogP contribution in [0.5, 0.6) is 5.75 Å². The fraction of sp³-hybridized carbons (Fsp3) is 0.286. The number of carbonyl (C=O) groups is 1. The second kappa shape index (κ2) is 7.20. The monoisotopic (exact) mass is 347 g/mol. The zero-order valence-electron chi connectivity index (χ0n) is 14.3. The molecule has 2 fully saturated rings. The Bertz CT molecular complexity index is 813. The van der Waals surface area contributed by atoms with Gasteiger partial charge in [0.05, 0.1) is 12.2 Å². The van der Waals surface area contributed by atoms with Crippen LogP contribution < -0.4 is 20.9 Å². The zero-order valence-corrected chi connectivity index (χ0v) is 14.3. The average Bonchev–Trinajstić information content (AvgIpc) is 3.10. The molecule has 26 heavy (non-hydrogen) atoms. The van der Waals surface area contributed by atoms with Crippen LogP contribution in [-0.2, 0) is 4.79 Å². The van der Waals surface area contributed by atoms with Crippen LogP contribution >= 0.6 is 0 Å². The van der Waals surface area contributed by atoms with Gasteiger partial charge in [0, 0.05) is 18.3 Å². The van der Waals surface area contributed by atoms with E-state index < -0.39 is 0 Å². The first-order chi connectivity index (χ1) is 12.8. The Kier molecular flexibility index (Phi) is 4.61. The Labute approximate surface area is 153 Å². The van der Waals surface area contributed by atoms with Crippen LogP contribution in [0, 0.1) is 18.3 Å². The summed E-state index contributed by atoms with van der Waals surface area (Å²) in [6.45, 7) is 0.250. The van der Waals surface area contributed by atoms with Gasteiger partial charge in [-0.1, -0.05) is 48.4 Å². The highest BCUT2D eigenvalue weighted by Crippen LogP contribution is 2.43. The number of hydrogen-bond acceptors (Lipinski definition) is 4. The van der Waals surface area contributed by atoms with E-state index in [1.807, 2.05) is 42.5 Å². The van der Waals surface area contributed by atoms with Crippen molar-refractivity contribution in [1.82, 2.24) is 16.2 Å². The highest BCUT2D eigenvalue weighted by Gasteiger charge is 2.46. The number of fused-ring (bicyclic) bond motifs is 1. The maximum absolute atomic E-state index is 12.2. The summed E-state index contributed by atoms with van der Waals surface area (Å²) in [5.74, 6) is 3.60. The minimum atomic E-state index is -0.0937. The summed E-state index contributed by atoms with van der Waals surface area (Å²) in [6, 6.07) is 18.4. The van der Waals surface area contributed by atoms with Crippen LogP contribution in [0.4, 0.5) is 0 Å². The lowest BCUT2D eigenvalue weighted by atomic mass is 9.74. The van der Waals surface area contributed by atoms with Gasteiger partial charge in [-0.15, -0.1) is 6.42 Å². The Hall–Kier alpha value is -2.81. The Morgan fingerprint density at radius 2 is 1.81 bits per heavy atom. The minimum Gasteiger partial charge on any atom is -0.481 e. The molecular formula is C21H21N3O2. The largest absolute Gasteiger partial charge is 0.481 e. The summed E-state index contributed by atoms with van der Waals surface area (Å²) < 4.78 is 5.46. The smallest absolute Gasteiger partial charge is 0.221 e. The lowest BCUT2D eigenvalue weighted by molar-refractivity contribution is -0.125. The molecule has 4 unspecified atom stereocenters. The molecule has 2 saturated heterocycles. The molecule has 2 aliphatic rings. The molecule has 2 aromatic carbocycles. The fourth-order valence-electron chi connectivity index (χ4n) is 3.97. The number of terminal acetylenes is 1. The van der Waals surface area contributed by atoms with Crippen molar-refractivity contribution in [2.24, 2.45) is 5.92 Å². The molecular weight excluding hydrogens is 326 g/mol. The molecule has 0 saturated carbocycles. The van der Waals surface area contributed by atoms with Crippen LogP contribution in [0.2, 0.25) is 0 Å². The van der Waals surface area contributed by atoms with Crippen LogP contribution in [0.15, 0.2) is 54.6 Å². The van der Waals surface area contributed by atoms with Crippen molar-refractivity contribution < 1.29 is 9.53 Å². The van der Waals surface area contributed by atoms with Crippen molar-refractivity contribution in [3.63, 3.8) is 0 Å². The number of piperidine rings is 1. The minimum absolute atomic E-state index is 0.0620. The van der Waals surface area contributed by atoms with Gasteiger partial charge in [0.15, 0.2) is 0 Å². The van der Waals surface area contributed by atoms with Gasteiger partial charge in [0.1, 0.15) is 12.4 Å². The molecule has 5 nitrogen and oxygen atoms in total. The van der Waals surface area contributed by atoms with Gasteiger partial charge in [-0.25, -0.2) is 10.9 Å². The molecule has 0 aromatic heterocycles. The van der Waals surface area contributed by atoms with Gasteiger partial charge in [0.2, 0.25) is 5.91 Å². The highest BCUT2D eigenvalue weighted by molar-refractivity contribution is 5.78. The van der Waals surface area contributed by atoms with Crippen molar-refractivity contribution in [2.75, 3.05) is 6.61 Å². The quantitative estimate of drug-likeness (QED) is 0.741. The molecule has 0 radical (unpaired) electrons. The summed E-state index contributed by atoms with van der Waals surface area (Å²) in [5.41, 5.74) is 8.96. The predicted molar refractivity (Wildman–Crippen MR) is 99.0 cm³/mol. The van der Waals surface area contributed by atoms with Gasteiger partial charge >= 0.3 is 0 Å². The number of hydrogen-bond donors (Lipinski definition) is 3. The summed E-state index contributed by atoms with van der Waals surface area (Å²) >= 11 is 0. The lowest BCUT2D eigenvalue weighted by Gasteiger charge is -2.36. The molecule has 0 bridgehead atoms. The van der Waals surface area contributed by atoms with E-state index in [0.29, 0.717) is 6.42 Å². The molecule has 2 heterocycles. The molecule has 132 valence electrons. The van der Waals surface area contributed by atoms with Crippen molar-refractivity contribution >= 4 is 5.91 Å². The lowest BCUT2D eigenvalue weighted by Crippen LogP contribution is -2.52. The number of nitrogens with one attached hydrogen (secondary N) is 3. The first-order valence-corrected chi connectivity index (χ1v) is 8.78. The number of benzene rings is 2. The van der Waals surface area contributed by atoms with Crippen molar-refractivity contribution in [2.45, 2.75) is 24.5 Å². The first kappa shape index (κ1) is 16.6. The maximum Gasteiger partial charge on any atom is 0.221 e. The molecule has 1 amide bonds. The van der Waals surface area contributed by atoms with Crippen molar-refractivity contribution in [3.05, 3.63) is 65.7 Å². The van der Waals surface area contributed by atoms with E-state index >= 15 is 0 Å². The van der Waals surface area contributed by atoms with Crippen LogP contribution in [-0.4, -0.2) is 18.7 Å². The Balaban J connectivity index is 1.62. The van der Waals surface area contributed by atoms with E-state index in [1.54, 1.807) is 0 Å².